The first-order chi connectivity index (χ1) is 14.3. The summed E-state index contributed by atoms with van der Waals surface area (Å²) in [6, 6.07) is 25.0. The molecule has 29 heavy (non-hydrogen) atoms. The summed E-state index contributed by atoms with van der Waals surface area (Å²) in [4.78, 5) is 0. The highest BCUT2D eigenvalue weighted by atomic mass is 16.5. The molecule has 0 saturated carbocycles. The Balaban J connectivity index is 1.81. The lowest BCUT2D eigenvalue weighted by Crippen LogP contribution is -2.03. The molecule has 0 spiro atoms. The highest BCUT2D eigenvalue weighted by molar-refractivity contribution is 5.87. The van der Waals surface area contributed by atoms with Gasteiger partial charge in [-0.1, -0.05) is 42.5 Å². The molecule has 0 saturated heterocycles. The zero-order valence-electron chi connectivity index (χ0n) is 16.6. The fourth-order valence-electron chi connectivity index (χ4n) is 4.16. The second-order valence-electron chi connectivity index (χ2n) is 7.14. The van der Waals surface area contributed by atoms with Crippen LogP contribution in [-0.2, 0) is 12.8 Å². The summed E-state index contributed by atoms with van der Waals surface area (Å²) in [5.41, 5.74) is 8.16. The quantitative estimate of drug-likeness (QED) is 0.479. The minimum absolute atomic E-state index is 0.712. The van der Waals surface area contributed by atoms with Gasteiger partial charge in [-0.15, -0.1) is 0 Å². The van der Waals surface area contributed by atoms with E-state index in [2.05, 4.69) is 47.1 Å². The number of ether oxygens (including phenoxy) is 2. The number of hydrogen-bond donors (Lipinski definition) is 0. The maximum Gasteiger partial charge on any atom is 0.161 e. The number of rotatable bonds is 4. The van der Waals surface area contributed by atoms with E-state index in [4.69, 9.17) is 14.6 Å². The molecule has 4 nitrogen and oxygen atoms in total. The molecule has 4 heteroatoms. The summed E-state index contributed by atoms with van der Waals surface area (Å²) in [6.45, 7) is 0. The van der Waals surface area contributed by atoms with Gasteiger partial charge in [0.25, 0.3) is 0 Å². The average Bonchev–Trinajstić information content (AvgIpc) is 3.19. The lowest BCUT2D eigenvalue weighted by molar-refractivity contribution is 0.355. The van der Waals surface area contributed by atoms with E-state index in [1.54, 1.807) is 14.2 Å². The van der Waals surface area contributed by atoms with Crippen LogP contribution in [0.4, 0.5) is 0 Å². The van der Waals surface area contributed by atoms with Crippen LogP contribution in [0.1, 0.15) is 11.3 Å². The predicted molar refractivity (Wildman–Crippen MR) is 115 cm³/mol. The van der Waals surface area contributed by atoms with Crippen molar-refractivity contribution >= 4 is 0 Å². The lowest BCUT2D eigenvalue weighted by Gasteiger charge is -2.17. The predicted octanol–water partition coefficient (Wildman–Crippen LogP) is 5.32. The molecule has 1 aliphatic carbocycles. The van der Waals surface area contributed by atoms with Crippen molar-refractivity contribution in [3.8, 4) is 39.6 Å². The van der Waals surface area contributed by atoms with E-state index in [0.717, 1.165) is 41.2 Å². The molecule has 0 amide bonds. The summed E-state index contributed by atoms with van der Waals surface area (Å²) >= 11 is 0. The monoisotopic (exact) mass is 382 g/mol. The van der Waals surface area contributed by atoms with Crippen molar-refractivity contribution in [1.29, 1.82) is 0 Å². The van der Waals surface area contributed by atoms with Gasteiger partial charge >= 0.3 is 0 Å². The number of benzene rings is 3. The number of methoxy groups -OCH3 is 2. The van der Waals surface area contributed by atoms with Gasteiger partial charge in [0.05, 0.1) is 31.3 Å². The molecule has 0 radical (unpaired) electrons. The first-order valence-corrected chi connectivity index (χ1v) is 9.78. The van der Waals surface area contributed by atoms with Gasteiger partial charge in [-0.2, -0.15) is 5.10 Å². The molecule has 0 bridgehead atoms. The van der Waals surface area contributed by atoms with E-state index in [1.807, 2.05) is 30.3 Å². The summed E-state index contributed by atoms with van der Waals surface area (Å²) < 4.78 is 13.1. The minimum atomic E-state index is 0.712. The Hall–Kier alpha value is -3.53. The highest BCUT2D eigenvalue weighted by Gasteiger charge is 2.26. The molecule has 144 valence electrons. The van der Waals surface area contributed by atoms with E-state index >= 15 is 0 Å². The van der Waals surface area contributed by atoms with E-state index in [0.29, 0.717) is 5.75 Å². The Morgan fingerprint density at radius 1 is 0.793 bits per heavy atom. The Morgan fingerprint density at radius 2 is 1.55 bits per heavy atom. The Morgan fingerprint density at radius 3 is 2.34 bits per heavy atom. The van der Waals surface area contributed by atoms with Crippen LogP contribution in [-0.4, -0.2) is 24.0 Å². The third-order valence-corrected chi connectivity index (χ3v) is 5.53. The third-order valence-electron chi connectivity index (χ3n) is 5.53. The van der Waals surface area contributed by atoms with Crippen molar-refractivity contribution in [2.45, 2.75) is 12.8 Å². The molecule has 4 aromatic rings. The Bertz CT molecular complexity index is 1180. The van der Waals surface area contributed by atoms with Crippen molar-refractivity contribution in [2.75, 3.05) is 14.2 Å². The van der Waals surface area contributed by atoms with Crippen molar-refractivity contribution in [3.05, 3.63) is 84.1 Å². The Labute approximate surface area is 170 Å². The second kappa shape index (κ2) is 7.13. The topological polar surface area (TPSA) is 36.3 Å². The van der Waals surface area contributed by atoms with Crippen molar-refractivity contribution in [3.63, 3.8) is 0 Å². The van der Waals surface area contributed by atoms with Crippen molar-refractivity contribution in [1.82, 2.24) is 9.78 Å². The first kappa shape index (κ1) is 17.6. The van der Waals surface area contributed by atoms with Crippen molar-refractivity contribution < 1.29 is 9.47 Å². The molecule has 0 fully saturated rings. The number of aromatic nitrogens is 2. The van der Waals surface area contributed by atoms with Crippen LogP contribution in [0, 0.1) is 0 Å². The van der Waals surface area contributed by atoms with Gasteiger partial charge in [0.2, 0.25) is 0 Å². The SMILES string of the molecule is COc1ccc(-c2c3c(nn2-c2ccccc2)CCc2ccccc2-3)cc1OC. The smallest absolute Gasteiger partial charge is 0.161 e. The second-order valence-corrected chi connectivity index (χ2v) is 7.14. The molecule has 1 aromatic heterocycles. The number of para-hydroxylation sites is 1. The largest absolute Gasteiger partial charge is 0.493 e. The van der Waals surface area contributed by atoms with Gasteiger partial charge in [0, 0.05) is 11.1 Å². The van der Waals surface area contributed by atoms with Gasteiger partial charge < -0.3 is 9.47 Å². The number of nitrogens with zero attached hydrogens (tertiary/aromatic N) is 2. The fourth-order valence-corrected chi connectivity index (χ4v) is 4.16. The lowest BCUT2D eigenvalue weighted by atomic mass is 9.87. The third kappa shape index (κ3) is 2.88. The molecule has 0 unspecified atom stereocenters. The van der Waals surface area contributed by atoms with Crippen LogP contribution in [0.2, 0.25) is 0 Å². The van der Waals surface area contributed by atoms with E-state index in [9.17, 15) is 0 Å². The van der Waals surface area contributed by atoms with Crippen LogP contribution in [0.15, 0.2) is 72.8 Å². The van der Waals surface area contributed by atoms with Gasteiger partial charge in [-0.3, -0.25) is 0 Å². The minimum Gasteiger partial charge on any atom is -0.493 e. The van der Waals surface area contributed by atoms with Crippen LogP contribution < -0.4 is 9.47 Å². The maximum absolute atomic E-state index is 5.58. The zero-order valence-corrected chi connectivity index (χ0v) is 16.6. The normalized spacial score (nSPS) is 12.2. The molecule has 0 aliphatic heterocycles. The van der Waals surface area contributed by atoms with E-state index < -0.39 is 0 Å². The summed E-state index contributed by atoms with van der Waals surface area (Å²) in [7, 11) is 3.32. The van der Waals surface area contributed by atoms with Gasteiger partial charge in [-0.25, -0.2) is 4.68 Å². The zero-order chi connectivity index (χ0) is 19.8. The van der Waals surface area contributed by atoms with Crippen molar-refractivity contribution in [2.24, 2.45) is 0 Å². The molecule has 1 heterocycles. The molecular weight excluding hydrogens is 360 g/mol. The van der Waals surface area contributed by atoms with Gasteiger partial charge in [0.1, 0.15) is 0 Å². The van der Waals surface area contributed by atoms with Gasteiger partial charge in [0.15, 0.2) is 11.5 Å². The van der Waals surface area contributed by atoms with E-state index in [1.165, 1.54) is 16.7 Å². The summed E-state index contributed by atoms with van der Waals surface area (Å²) in [5.74, 6) is 1.43. The maximum atomic E-state index is 5.58. The number of hydrogen-bond acceptors (Lipinski definition) is 3. The first-order valence-electron chi connectivity index (χ1n) is 9.78. The van der Waals surface area contributed by atoms with Gasteiger partial charge in [-0.05, 0) is 54.3 Å². The van der Waals surface area contributed by atoms with Crippen LogP contribution >= 0.6 is 0 Å². The molecule has 0 N–H and O–H groups in total. The van der Waals surface area contributed by atoms with E-state index in [-0.39, 0.29) is 0 Å². The van der Waals surface area contributed by atoms with Crippen LogP contribution in [0.3, 0.4) is 0 Å². The standard InChI is InChI=1S/C25H22N2O2/c1-28-22-15-13-18(16-23(22)29-2)25-24-20-11-7-6-8-17(20)12-14-21(24)26-27(25)19-9-4-3-5-10-19/h3-11,13,15-16H,12,14H2,1-2H3. The molecule has 1 aliphatic rings. The average molecular weight is 382 g/mol. The van der Waals surface area contributed by atoms with Crippen LogP contribution in [0.5, 0.6) is 11.5 Å². The molecule has 0 atom stereocenters. The fraction of sp³-hybridized carbons (Fsp3) is 0.160. The molecular formula is C25H22N2O2. The molecule has 5 rings (SSSR count). The molecule has 3 aromatic carbocycles. The highest BCUT2D eigenvalue weighted by Crippen LogP contribution is 2.43. The Kier molecular flexibility index (Phi) is 4.32. The summed E-state index contributed by atoms with van der Waals surface area (Å²) in [6.07, 6.45) is 1.95. The van der Waals surface area contributed by atoms with Crippen LogP contribution in [0.25, 0.3) is 28.1 Å². The number of aryl methyl sites for hydroxylation is 2. The number of fused-ring (bicyclic) bond motifs is 3. The summed E-state index contributed by atoms with van der Waals surface area (Å²) in [5, 5.41) is 5.04.